The lowest BCUT2D eigenvalue weighted by molar-refractivity contribution is -0.139. The molecule has 0 spiro atoms. The van der Waals surface area contributed by atoms with Crippen molar-refractivity contribution in [3.8, 4) is 11.1 Å². The molecule has 1 aliphatic rings. The van der Waals surface area contributed by atoms with E-state index in [2.05, 4.69) is 5.32 Å². The number of carbonyl (C=O) groups is 2. The van der Waals surface area contributed by atoms with E-state index in [1.165, 1.54) is 12.1 Å². The van der Waals surface area contributed by atoms with Crippen molar-refractivity contribution in [3.63, 3.8) is 0 Å². The van der Waals surface area contributed by atoms with E-state index in [4.69, 9.17) is 4.74 Å². The van der Waals surface area contributed by atoms with Crippen LogP contribution in [-0.4, -0.2) is 23.8 Å². The van der Waals surface area contributed by atoms with Gasteiger partial charge < -0.3 is 15.2 Å². The van der Waals surface area contributed by atoms with E-state index in [1.807, 2.05) is 48.5 Å². The maximum absolute atomic E-state index is 13.1. The molecule has 3 aromatic carbocycles. The Morgan fingerprint density at radius 2 is 1.48 bits per heavy atom. The normalized spacial score (nSPS) is 13.3. The van der Waals surface area contributed by atoms with Gasteiger partial charge in [-0.25, -0.2) is 14.0 Å². The number of carboxylic acid groups (broad SMARTS) is 1. The minimum absolute atomic E-state index is 0.0790. The van der Waals surface area contributed by atoms with E-state index in [0.29, 0.717) is 0 Å². The Morgan fingerprint density at radius 3 is 2.03 bits per heavy atom. The topological polar surface area (TPSA) is 75.6 Å². The number of nitrogens with one attached hydrogen (secondary N) is 1. The number of ether oxygens (including phenoxy) is 1. The highest BCUT2D eigenvalue weighted by atomic mass is 19.1. The third kappa shape index (κ3) is 3.69. The van der Waals surface area contributed by atoms with Crippen LogP contribution in [0.1, 0.15) is 28.7 Å². The van der Waals surface area contributed by atoms with Crippen molar-refractivity contribution in [2.75, 3.05) is 6.61 Å². The number of alkyl carbamates (subject to hydrolysis) is 1. The molecule has 0 radical (unpaired) electrons. The second-order valence-corrected chi connectivity index (χ2v) is 6.79. The molecular formula is C23H18FNO4. The fraction of sp³-hybridized carbons (Fsp3) is 0.130. The van der Waals surface area contributed by atoms with Gasteiger partial charge in [0.15, 0.2) is 6.04 Å². The predicted octanol–water partition coefficient (Wildman–Crippen LogP) is 4.49. The van der Waals surface area contributed by atoms with Gasteiger partial charge in [-0.2, -0.15) is 0 Å². The summed E-state index contributed by atoms with van der Waals surface area (Å²) in [5.74, 6) is -1.87. The Bertz CT molecular complexity index is 1020. The average molecular weight is 391 g/mol. The summed E-state index contributed by atoms with van der Waals surface area (Å²) >= 11 is 0. The first-order chi connectivity index (χ1) is 14.0. The standard InChI is InChI=1S/C23H18FNO4/c24-15-11-9-14(10-12-15)21(22(26)27)25-23(28)29-13-20-18-7-3-1-5-16(18)17-6-2-4-8-19(17)20/h1-12,20-21H,13H2,(H,25,28)(H,26,27)/t21-/m0/s1. The quantitative estimate of drug-likeness (QED) is 0.672. The zero-order valence-electron chi connectivity index (χ0n) is 15.3. The monoisotopic (exact) mass is 391 g/mol. The van der Waals surface area contributed by atoms with Crippen LogP contribution in [0.5, 0.6) is 0 Å². The van der Waals surface area contributed by atoms with Gasteiger partial charge in [0.2, 0.25) is 0 Å². The third-order valence-electron chi connectivity index (χ3n) is 5.06. The number of carboxylic acids is 1. The number of rotatable bonds is 5. The van der Waals surface area contributed by atoms with E-state index in [1.54, 1.807) is 0 Å². The molecule has 0 fully saturated rings. The molecule has 0 heterocycles. The number of fused-ring (bicyclic) bond motifs is 3. The van der Waals surface area contributed by atoms with Gasteiger partial charge in [0, 0.05) is 5.92 Å². The molecule has 0 saturated carbocycles. The van der Waals surface area contributed by atoms with Crippen molar-refractivity contribution < 1.29 is 23.8 Å². The van der Waals surface area contributed by atoms with Crippen LogP contribution in [0, 0.1) is 5.82 Å². The van der Waals surface area contributed by atoms with Crippen molar-refractivity contribution in [1.82, 2.24) is 5.32 Å². The lowest BCUT2D eigenvalue weighted by atomic mass is 9.98. The maximum Gasteiger partial charge on any atom is 0.408 e. The zero-order valence-corrected chi connectivity index (χ0v) is 15.3. The van der Waals surface area contributed by atoms with Gasteiger partial charge in [-0.3, -0.25) is 0 Å². The summed E-state index contributed by atoms with van der Waals surface area (Å²) in [6, 6.07) is 19.5. The molecule has 29 heavy (non-hydrogen) atoms. The summed E-state index contributed by atoms with van der Waals surface area (Å²) < 4.78 is 18.5. The van der Waals surface area contributed by atoms with Crippen LogP contribution in [0.3, 0.4) is 0 Å². The summed E-state index contributed by atoms with van der Waals surface area (Å²) in [5, 5.41) is 11.8. The van der Waals surface area contributed by atoms with Crippen LogP contribution < -0.4 is 5.32 Å². The van der Waals surface area contributed by atoms with Crippen molar-refractivity contribution in [1.29, 1.82) is 0 Å². The Kier molecular flexibility index (Phi) is 4.99. The molecule has 0 aromatic heterocycles. The van der Waals surface area contributed by atoms with Crippen LogP contribution in [0.2, 0.25) is 0 Å². The van der Waals surface area contributed by atoms with E-state index in [-0.39, 0.29) is 18.1 Å². The second-order valence-electron chi connectivity index (χ2n) is 6.79. The van der Waals surface area contributed by atoms with E-state index in [9.17, 15) is 19.1 Å². The average Bonchev–Trinajstić information content (AvgIpc) is 3.05. The predicted molar refractivity (Wildman–Crippen MR) is 105 cm³/mol. The van der Waals surface area contributed by atoms with Gasteiger partial charge in [-0.15, -0.1) is 0 Å². The fourth-order valence-corrected chi connectivity index (χ4v) is 3.70. The molecule has 0 aliphatic heterocycles. The highest BCUT2D eigenvalue weighted by Crippen LogP contribution is 2.44. The number of hydrogen-bond acceptors (Lipinski definition) is 3. The van der Waals surface area contributed by atoms with Crippen LogP contribution >= 0.6 is 0 Å². The molecule has 6 heteroatoms. The lowest BCUT2D eigenvalue weighted by Gasteiger charge is -2.17. The van der Waals surface area contributed by atoms with Crippen molar-refractivity contribution >= 4 is 12.1 Å². The molecular weight excluding hydrogens is 373 g/mol. The molecule has 3 aromatic rings. The zero-order chi connectivity index (χ0) is 20.4. The fourth-order valence-electron chi connectivity index (χ4n) is 3.70. The summed E-state index contributed by atoms with van der Waals surface area (Å²) in [7, 11) is 0. The molecule has 5 nitrogen and oxygen atoms in total. The molecule has 1 atom stereocenters. The first kappa shape index (κ1) is 18.7. The molecule has 0 bridgehead atoms. The summed E-state index contributed by atoms with van der Waals surface area (Å²) in [6.45, 7) is 0.0790. The number of benzene rings is 3. The van der Waals surface area contributed by atoms with E-state index >= 15 is 0 Å². The minimum atomic E-state index is -1.33. The molecule has 2 N–H and O–H groups in total. The molecule has 1 amide bonds. The Morgan fingerprint density at radius 1 is 0.931 bits per heavy atom. The number of carbonyl (C=O) groups excluding carboxylic acids is 1. The number of amides is 1. The number of hydrogen-bond donors (Lipinski definition) is 2. The third-order valence-corrected chi connectivity index (χ3v) is 5.06. The highest BCUT2D eigenvalue weighted by molar-refractivity contribution is 5.82. The first-order valence-corrected chi connectivity index (χ1v) is 9.14. The summed E-state index contributed by atoms with van der Waals surface area (Å²) in [4.78, 5) is 23.9. The van der Waals surface area contributed by atoms with Crippen LogP contribution in [0.15, 0.2) is 72.8 Å². The second kappa shape index (κ2) is 7.75. The molecule has 0 unspecified atom stereocenters. The summed E-state index contributed by atoms with van der Waals surface area (Å²) in [5.41, 5.74) is 4.59. The minimum Gasteiger partial charge on any atom is -0.479 e. The lowest BCUT2D eigenvalue weighted by Crippen LogP contribution is -2.34. The smallest absolute Gasteiger partial charge is 0.408 e. The van der Waals surface area contributed by atoms with Crippen LogP contribution in [0.25, 0.3) is 11.1 Å². The molecule has 1 aliphatic carbocycles. The van der Waals surface area contributed by atoms with Gasteiger partial charge in [0.25, 0.3) is 0 Å². The largest absolute Gasteiger partial charge is 0.479 e. The Hall–Kier alpha value is -3.67. The van der Waals surface area contributed by atoms with Gasteiger partial charge in [0.05, 0.1) is 0 Å². The van der Waals surface area contributed by atoms with Gasteiger partial charge in [0.1, 0.15) is 12.4 Å². The highest BCUT2D eigenvalue weighted by Gasteiger charge is 2.30. The molecule has 0 saturated heterocycles. The first-order valence-electron chi connectivity index (χ1n) is 9.14. The molecule has 4 rings (SSSR count). The number of halogens is 1. The molecule has 146 valence electrons. The van der Waals surface area contributed by atoms with Gasteiger partial charge in [-0.05, 0) is 39.9 Å². The maximum atomic E-state index is 13.1. The SMILES string of the molecule is O=C(N[C@H](C(=O)O)c1ccc(F)cc1)OCC1c2ccccc2-c2ccccc21. The van der Waals surface area contributed by atoms with E-state index < -0.39 is 23.9 Å². The summed E-state index contributed by atoms with van der Waals surface area (Å²) in [6.07, 6.45) is -0.844. The van der Waals surface area contributed by atoms with Crippen LogP contribution in [0.4, 0.5) is 9.18 Å². The van der Waals surface area contributed by atoms with Crippen molar-refractivity contribution in [3.05, 3.63) is 95.3 Å². The Balaban J connectivity index is 1.48. The van der Waals surface area contributed by atoms with Crippen LogP contribution in [-0.2, 0) is 9.53 Å². The Labute approximate surface area is 166 Å². The number of aliphatic carboxylic acids is 1. The van der Waals surface area contributed by atoms with E-state index in [0.717, 1.165) is 34.4 Å². The van der Waals surface area contributed by atoms with Gasteiger partial charge >= 0.3 is 12.1 Å². The van der Waals surface area contributed by atoms with Crippen molar-refractivity contribution in [2.24, 2.45) is 0 Å². The van der Waals surface area contributed by atoms with Crippen molar-refractivity contribution in [2.45, 2.75) is 12.0 Å². The van der Waals surface area contributed by atoms with Gasteiger partial charge in [-0.1, -0.05) is 60.7 Å².